The van der Waals surface area contributed by atoms with Crippen molar-refractivity contribution in [2.75, 3.05) is 13.1 Å². The lowest BCUT2D eigenvalue weighted by atomic mass is 10.2. The van der Waals surface area contributed by atoms with Crippen LogP contribution in [-0.2, 0) is 4.79 Å². The summed E-state index contributed by atoms with van der Waals surface area (Å²) in [5, 5.41) is 5.78. The first-order valence-corrected chi connectivity index (χ1v) is 4.77. The summed E-state index contributed by atoms with van der Waals surface area (Å²) in [5.41, 5.74) is 0. The minimum atomic E-state index is 0.00547. The van der Waals surface area contributed by atoms with Gasteiger partial charge in [0.2, 0.25) is 5.91 Å². The van der Waals surface area contributed by atoms with Gasteiger partial charge in [0.25, 0.3) is 0 Å². The molecule has 0 aliphatic rings. The van der Waals surface area contributed by atoms with Crippen molar-refractivity contribution in [1.29, 1.82) is 0 Å². The minimum absolute atomic E-state index is 0.00547. The molecule has 0 spiro atoms. The first kappa shape index (κ1) is 10.8. The molecule has 0 saturated heterocycles. The van der Waals surface area contributed by atoms with Crippen molar-refractivity contribution in [3.8, 4) is 0 Å². The molecule has 0 aliphatic heterocycles. The van der Waals surface area contributed by atoms with E-state index < -0.39 is 0 Å². The molecule has 78 valence electrons. The third-order valence-electron chi connectivity index (χ3n) is 1.91. The molecule has 1 aromatic rings. The largest absolute Gasteiger partial charge is 0.468 e. The van der Waals surface area contributed by atoms with Crippen molar-refractivity contribution < 1.29 is 9.21 Å². The van der Waals surface area contributed by atoms with Gasteiger partial charge in [-0.3, -0.25) is 10.1 Å². The van der Waals surface area contributed by atoms with Crippen molar-refractivity contribution >= 4 is 5.91 Å². The molecule has 0 saturated carbocycles. The van der Waals surface area contributed by atoms with Crippen molar-refractivity contribution in [1.82, 2.24) is 10.6 Å². The van der Waals surface area contributed by atoms with Crippen LogP contribution in [0.15, 0.2) is 22.8 Å². The molecule has 0 unspecified atom stereocenters. The van der Waals surface area contributed by atoms with Gasteiger partial charge in [0.15, 0.2) is 0 Å². The molecule has 0 radical (unpaired) electrons. The summed E-state index contributed by atoms with van der Waals surface area (Å²) in [6.07, 6.45) is 1.62. The number of likely N-dealkylation sites (N-methyl/N-ethyl adjacent to an activating group) is 1. The molecule has 1 atom stereocenters. The Morgan fingerprint density at radius 3 is 3.00 bits per heavy atom. The quantitative estimate of drug-likeness (QED) is 0.740. The van der Waals surface area contributed by atoms with Crippen molar-refractivity contribution in [2.45, 2.75) is 19.9 Å². The average molecular weight is 196 g/mol. The predicted molar refractivity (Wildman–Crippen MR) is 53.8 cm³/mol. The number of nitrogens with one attached hydrogen (secondary N) is 2. The van der Waals surface area contributed by atoms with Crippen LogP contribution >= 0.6 is 0 Å². The molecule has 0 aromatic carbocycles. The minimum Gasteiger partial charge on any atom is -0.468 e. The Morgan fingerprint density at radius 1 is 1.64 bits per heavy atom. The normalized spacial score (nSPS) is 12.4. The molecule has 14 heavy (non-hydrogen) atoms. The van der Waals surface area contributed by atoms with Gasteiger partial charge in [-0.25, -0.2) is 0 Å². The summed E-state index contributed by atoms with van der Waals surface area (Å²) in [4.78, 5) is 11.1. The second kappa shape index (κ2) is 5.44. The summed E-state index contributed by atoms with van der Waals surface area (Å²) in [6.45, 7) is 4.83. The maximum Gasteiger partial charge on any atom is 0.233 e. The second-order valence-corrected chi connectivity index (χ2v) is 3.07. The zero-order valence-corrected chi connectivity index (χ0v) is 8.54. The lowest BCUT2D eigenvalue weighted by Crippen LogP contribution is -2.34. The van der Waals surface area contributed by atoms with Crippen LogP contribution in [0.3, 0.4) is 0 Å². The highest BCUT2D eigenvalue weighted by molar-refractivity contribution is 5.77. The standard InChI is InChI=1S/C10H16N2O2/c1-3-11-10(13)7-12-8(2)9-5-4-6-14-9/h4-6,8,12H,3,7H2,1-2H3,(H,11,13)/t8-/m1/s1. The van der Waals surface area contributed by atoms with E-state index in [1.165, 1.54) is 0 Å². The van der Waals surface area contributed by atoms with Crippen molar-refractivity contribution in [2.24, 2.45) is 0 Å². The molecule has 1 amide bonds. The Morgan fingerprint density at radius 2 is 2.43 bits per heavy atom. The highest BCUT2D eigenvalue weighted by Gasteiger charge is 2.08. The lowest BCUT2D eigenvalue weighted by molar-refractivity contribution is -0.120. The predicted octanol–water partition coefficient (Wildman–Crippen LogP) is 1.07. The van der Waals surface area contributed by atoms with E-state index in [1.54, 1.807) is 6.26 Å². The molecule has 4 nitrogen and oxygen atoms in total. The van der Waals surface area contributed by atoms with Gasteiger partial charge in [-0.1, -0.05) is 0 Å². The Balaban J connectivity index is 2.28. The van der Waals surface area contributed by atoms with Crippen LogP contribution in [0.4, 0.5) is 0 Å². The number of rotatable bonds is 5. The molecule has 2 N–H and O–H groups in total. The molecule has 1 rings (SSSR count). The van der Waals surface area contributed by atoms with E-state index in [1.807, 2.05) is 26.0 Å². The van der Waals surface area contributed by atoms with Crippen LogP contribution in [0.2, 0.25) is 0 Å². The molecule has 0 fully saturated rings. The maximum atomic E-state index is 11.1. The number of carbonyl (C=O) groups excluding carboxylic acids is 1. The number of furan rings is 1. The van der Waals surface area contributed by atoms with Crippen LogP contribution in [0.5, 0.6) is 0 Å². The first-order valence-electron chi connectivity index (χ1n) is 4.77. The third kappa shape index (κ3) is 3.22. The smallest absolute Gasteiger partial charge is 0.233 e. The fraction of sp³-hybridized carbons (Fsp3) is 0.500. The molecular formula is C10H16N2O2. The van der Waals surface area contributed by atoms with Gasteiger partial charge in [0.1, 0.15) is 5.76 Å². The summed E-state index contributed by atoms with van der Waals surface area (Å²) >= 11 is 0. The molecule has 4 heteroatoms. The highest BCUT2D eigenvalue weighted by Crippen LogP contribution is 2.11. The molecule has 1 aromatic heterocycles. The monoisotopic (exact) mass is 196 g/mol. The first-order chi connectivity index (χ1) is 6.74. The zero-order chi connectivity index (χ0) is 10.4. The number of amides is 1. The van der Waals surface area contributed by atoms with Gasteiger partial charge in [-0.2, -0.15) is 0 Å². The number of hydrogen-bond donors (Lipinski definition) is 2. The number of hydrogen-bond acceptors (Lipinski definition) is 3. The van der Waals surface area contributed by atoms with Gasteiger partial charge in [0.05, 0.1) is 18.8 Å². The van der Waals surface area contributed by atoms with E-state index in [2.05, 4.69) is 10.6 Å². The Labute approximate surface area is 83.7 Å². The van der Waals surface area contributed by atoms with Crippen LogP contribution in [0.1, 0.15) is 25.6 Å². The van der Waals surface area contributed by atoms with Crippen LogP contribution in [0.25, 0.3) is 0 Å². The summed E-state index contributed by atoms with van der Waals surface area (Å²) in [7, 11) is 0. The summed E-state index contributed by atoms with van der Waals surface area (Å²) in [6, 6.07) is 3.78. The van der Waals surface area contributed by atoms with E-state index in [0.717, 1.165) is 5.76 Å². The van der Waals surface area contributed by atoms with Crippen LogP contribution in [-0.4, -0.2) is 19.0 Å². The summed E-state index contributed by atoms with van der Waals surface area (Å²) < 4.78 is 5.19. The lowest BCUT2D eigenvalue weighted by Gasteiger charge is -2.10. The number of carbonyl (C=O) groups is 1. The van der Waals surface area contributed by atoms with Crippen LogP contribution < -0.4 is 10.6 Å². The summed E-state index contributed by atoms with van der Waals surface area (Å²) in [5.74, 6) is 0.847. The van der Waals surface area contributed by atoms with E-state index >= 15 is 0 Å². The van der Waals surface area contributed by atoms with Gasteiger partial charge in [0, 0.05) is 6.54 Å². The SMILES string of the molecule is CCNC(=O)CN[C@H](C)c1ccco1. The molecule has 1 heterocycles. The van der Waals surface area contributed by atoms with E-state index in [4.69, 9.17) is 4.42 Å². The second-order valence-electron chi connectivity index (χ2n) is 3.07. The highest BCUT2D eigenvalue weighted by atomic mass is 16.3. The van der Waals surface area contributed by atoms with E-state index in [-0.39, 0.29) is 11.9 Å². The Hall–Kier alpha value is -1.29. The van der Waals surface area contributed by atoms with Crippen LogP contribution in [0, 0.1) is 0 Å². The van der Waals surface area contributed by atoms with Crippen molar-refractivity contribution in [3.63, 3.8) is 0 Å². The Kier molecular flexibility index (Phi) is 4.19. The van der Waals surface area contributed by atoms with E-state index in [0.29, 0.717) is 13.1 Å². The van der Waals surface area contributed by atoms with Gasteiger partial charge in [-0.05, 0) is 26.0 Å². The Bertz CT molecular complexity index is 270. The van der Waals surface area contributed by atoms with Gasteiger partial charge in [-0.15, -0.1) is 0 Å². The molecular weight excluding hydrogens is 180 g/mol. The van der Waals surface area contributed by atoms with Gasteiger partial charge >= 0.3 is 0 Å². The topological polar surface area (TPSA) is 54.3 Å². The third-order valence-corrected chi connectivity index (χ3v) is 1.91. The fourth-order valence-electron chi connectivity index (χ4n) is 1.14. The zero-order valence-electron chi connectivity index (χ0n) is 8.54. The van der Waals surface area contributed by atoms with Crippen molar-refractivity contribution in [3.05, 3.63) is 24.2 Å². The maximum absolute atomic E-state index is 11.1. The van der Waals surface area contributed by atoms with Gasteiger partial charge < -0.3 is 9.73 Å². The molecule has 0 bridgehead atoms. The fourth-order valence-corrected chi connectivity index (χ4v) is 1.14. The average Bonchev–Trinajstić information content (AvgIpc) is 2.67. The van der Waals surface area contributed by atoms with E-state index in [9.17, 15) is 4.79 Å². The molecule has 0 aliphatic carbocycles.